The Morgan fingerprint density at radius 3 is 2.31 bits per heavy atom. The molecule has 1 atom stereocenters. The maximum Gasteiger partial charge on any atom is 0.306 e. The van der Waals surface area contributed by atoms with Crippen molar-refractivity contribution < 1.29 is 28.5 Å². The Hall–Kier alpha value is -4.77. The van der Waals surface area contributed by atoms with Crippen molar-refractivity contribution in [2.24, 2.45) is 0 Å². The van der Waals surface area contributed by atoms with Gasteiger partial charge in [-0.2, -0.15) is 0 Å². The van der Waals surface area contributed by atoms with Crippen LogP contribution in [0.25, 0.3) is 10.9 Å². The van der Waals surface area contributed by atoms with E-state index in [1.165, 1.54) is 20.3 Å². The number of fused-ring (bicyclic) bond motifs is 1. The SMILES string of the molecule is COC(=O)C[C@@H](c1oc(CN2CCN(c3ccc(OC)cc3)CC2)cc(=O)c1O)c1cc2cc(OC)ccc2[nH]c1=O. The summed E-state index contributed by atoms with van der Waals surface area (Å²) in [6.45, 7) is 3.27. The van der Waals surface area contributed by atoms with E-state index in [-0.39, 0.29) is 17.7 Å². The van der Waals surface area contributed by atoms with Crippen LogP contribution in [0.3, 0.4) is 0 Å². The number of aromatic nitrogens is 1. The first kappa shape index (κ1) is 28.7. The summed E-state index contributed by atoms with van der Waals surface area (Å²) in [4.78, 5) is 45.8. The van der Waals surface area contributed by atoms with Crippen molar-refractivity contribution in [2.75, 3.05) is 52.4 Å². The number of nitrogens with one attached hydrogen (secondary N) is 1. The molecule has 0 spiro atoms. The zero-order valence-electron chi connectivity index (χ0n) is 23.7. The fraction of sp³-hybridized carbons (Fsp3) is 0.323. The molecule has 4 aromatic rings. The second kappa shape index (κ2) is 12.4. The highest BCUT2D eigenvalue weighted by Crippen LogP contribution is 2.33. The number of carbonyl (C=O) groups excluding carboxylic acids is 1. The van der Waals surface area contributed by atoms with E-state index in [0.29, 0.717) is 42.0 Å². The van der Waals surface area contributed by atoms with Gasteiger partial charge in [0.15, 0.2) is 5.76 Å². The van der Waals surface area contributed by atoms with Crippen molar-refractivity contribution in [3.8, 4) is 17.2 Å². The van der Waals surface area contributed by atoms with Gasteiger partial charge < -0.3 is 33.6 Å². The zero-order chi connectivity index (χ0) is 29.8. The summed E-state index contributed by atoms with van der Waals surface area (Å²) in [7, 11) is 4.40. The van der Waals surface area contributed by atoms with Crippen LogP contribution in [0, 0.1) is 0 Å². The molecule has 2 aromatic carbocycles. The summed E-state index contributed by atoms with van der Waals surface area (Å²) in [6, 6.07) is 15.9. The Bertz CT molecular complexity index is 1690. The molecule has 11 heteroatoms. The molecular weight excluding hydrogens is 542 g/mol. The number of methoxy groups -OCH3 is 3. The molecule has 2 N–H and O–H groups in total. The van der Waals surface area contributed by atoms with E-state index in [1.807, 2.05) is 24.3 Å². The monoisotopic (exact) mass is 575 g/mol. The van der Waals surface area contributed by atoms with E-state index in [4.69, 9.17) is 18.6 Å². The Morgan fingerprint density at radius 1 is 0.952 bits per heavy atom. The number of pyridine rings is 1. The van der Waals surface area contributed by atoms with Gasteiger partial charge in [0.05, 0.1) is 40.2 Å². The predicted molar refractivity (Wildman–Crippen MR) is 157 cm³/mol. The lowest BCUT2D eigenvalue weighted by Crippen LogP contribution is -2.46. The number of hydrogen-bond acceptors (Lipinski definition) is 10. The van der Waals surface area contributed by atoms with E-state index < -0.39 is 28.6 Å². The fourth-order valence-corrected chi connectivity index (χ4v) is 5.23. The zero-order valence-corrected chi connectivity index (χ0v) is 23.7. The number of esters is 1. The highest BCUT2D eigenvalue weighted by atomic mass is 16.5. The first-order chi connectivity index (χ1) is 20.3. The molecule has 220 valence electrons. The third kappa shape index (κ3) is 6.10. The number of rotatable bonds is 9. The molecule has 0 bridgehead atoms. The summed E-state index contributed by atoms with van der Waals surface area (Å²) in [5, 5.41) is 11.5. The highest BCUT2D eigenvalue weighted by Gasteiger charge is 2.29. The third-order valence-corrected chi connectivity index (χ3v) is 7.56. The average molecular weight is 576 g/mol. The van der Waals surface area contributed by atoms with Gasteiger partial charge in [-0.05, 0) is 48.5 Å². The molecular formula is C31H33N3O8. The van der Waals surface area contributed by atoms with Gasteiger partial charge in [-0.3, -0.25) is 19.3 Å². The summed E-state index contributed by atoms with van der Waals surface area (Å²) >= 11 is 0. The van der Waals surface area contributed by atoms with Crippen molar-refractivity contribution in [3.63, 3.8) is 0 Å². The average Bonchev–Trinajstić information content (AvgIpc) is 3.01. The molecule has 3 heterocycles. The Kier molecular flexibility index (Phi) is 8.48. The lowest BCUT2D eigenvalue weighted by Gasteiger charge is -2.36. The molecule has 0 unspecified atom stereocenters. The van der Waals surface area contributed by atoms with Crippen LogP contribution in [-0.4, -0.2) is 68.5 Å². The summed E-state index contributed by atoms with van der Waals surface area (Å²) in [5.41, 5.74) is 0.665. The summed E-state index contributed by atoms with van der Waals surface area (Å²) in [5.74, 6) is -0.822. The van der Waals surface area contributed by atoms with Crippen LogP contribution >= 0.6 is 0 Å². The minimum atomic E-state index is -1.07. The van der Waals surface area contributed by atoms with Gasteiger partial charge >= 0.3 is 5.97 Å². The normalized spacial score (nSPS) is 14.5. The molecule has 5 rings (SSSR count). The van der Waals surface area contributed by atoms with E-state index in [0.717, 1.165) is 24.5 Å². The number of piperazine rings is 1. The number of ether oxygens (including phenoxy) is 3. The predicted octanol–water partition coefficient (Wildman–Crippen LogP) is 3.22. The van der Waals surface area contributed by atoms with Crippen LogP contribution in [0.15, 0.2) is 68.6 Å². The highest BCUT2D eigenvalue weighted by molar-refractivity contribution is 5.81. The lowest BCUT2D eigenvalue weighted by molar-refractivity contribution is -0.140. The number of hydrogen-bond donors (Lipinski definition) is 2. The van der Waals surface area contributed by atoms with Gasteiger partial charge in [-0.15, -0.1) is 0 Å². The standard InChI is InChI=1S/C31H33N3O8/c1-39-21-6-4-20(5-7-21)34-12-10-33(11-13-34)18-23-16-27(35)29(37)30(42-23)24(17-28(36)41-3)25-15-19-14-22(40-2)8-9-26(19)32-31(25)38/h4-9,14-16,24,37H,10-13,17-18H2,1-3H3,(H,32,38)/t24-/m1/s1. The molecule has 0 amide bonds. The third-order valence-electron chi connectivity index (χ3n) is 7.56. The maximum absolute atomic E-state index is 13.2. The first-order valence-electron chi connectivity index (χ1n) is 13.5. The quantitative estimate of drug-likeness (QED) is 0.287. The number of benzene rings is 2. The van der Waals surface area contributed by atoms with Gasteiger partial charge in [0.25, 0.3) is 5.56 Å². The Balaban J connectivity index is 1.43. The molecule has 1 saturated heterocycles. The van der Waals surface area contributed by atoms with Gasteiger partial charge in [0, 0.05) is 54.4 Å². The molecule has 0 radical (unpaired) electrons. The van der Waals surface area contributed by atoms with E-state index >= 15 is 0 Å². The Labute approximate surface area is 241 Å². The van der Waals surface area contributed by atoms with Gasteiger partial charge in [0.1, 0.15) is 17.3 Å². The smallest absolute Gasteiger partial charge is 0.306 e. The number of H-pyrrole nitrogens is 1. The topological polar surface area (TPSA) is 135 Å². The van der Waals surface area contributed by atoms with Crippen LogP contribution in [0.4, 0.5) is 5.69 Å². The fourth-order valence-electron chi connectivity index (χ4n) is 5.23. The molecule has 1 fully saturated rings. The van der Waals surface area contributed by atoms with Crippen molar-refractivity contribution in [3.05, 3.63) is 92.3 Å². The minimum absolute atomic E-state index is 0.143. The maximum atomic E-state index is 13.2. The molecule has 1 aliphatic heterocycles. The largest absolute Gasteiger partial charge is 0.502 e. The number of anilines is 1. The second-order valence-electron chi connectivity index (χ2n) is 10.1. The second-order valence-corrected chi connectivity index (χ2v) is 10.1. The van der Waals surface area contributed by atoms with Crippen molar-refractivity contribution in [2.45, 2.75) is 18.9 Å². The number of aromatic amines is 1. The van der Waals surface area contributed by atoms with Crippen molar-refractivity contribution >= 4 is 22.6 Å². The van der Waals surface area contributed by atoms with Crippen LogP contribution < -0.4 is 25.4 Å². The molecule has 0 aliphatic carbocycles. The summed E-state index contributed by atoms with van der Waals surface area (Å²) < 4.78 is 21.5. The number of aromatic hydroxyl groups is 1. The van der Waals surface area contributed by atoms with Crippen molar-refractivity contribution in [1.82, 2.24) is 9.88 Å². The van der Waals surface area contributed by atoms with E-state index in [9.17, 15) is 19.5 Å². The molecule has 11 nitrogen and oxygen atoms in total. The Morgan fingerprint density at radius 2 is 1.64 bits per heavy atom. The van der Waals surface area contributed by atoms with Crippen LogP contribution in [0.2, 0.25) is 0 Å². The van der Waals surface area contributed by atoms with Crippen LogP contribution in [-0.2, 0) is 16.1 Å². The minimum Gasteiger partial charge on any atom is -0.502 e. The lowest BCUT2D eigenvalue weighted by atomic mass is 9.92. The number of nitrogens with zero attached hydrogens (tertiary/aromatic N) is 2. The molecule has 1 aliphatic rings. The number of carbonyl (C=O) groups is 1. The molecule has 42 heavy (non-hydrogen) atoms. The van der Waals surface area contributed by atoms with Gasteiger partial charge in [-0.1, -0.05) is 0 Å². The molecule has 2 aromatic heterocycles. The summed E-state index contributed by atoms with van der Waals surface area (Å²) in [6.07, 6.45) is -0.324. The first-order valence-corrected chi connectivity index (χ1v) is 13.5. The molecule has 0 saturated carbocycles. The van der Waals surface area contributed by atoms with E-state index in [1.54, 1.807) is 31.4 Å². The van der Waals surface area contributed by atoms with Gasteiger partial charge in [0.2, 0.25) is 11.2 Å². The van der Waals surface area contributed by atoms with Crippen molar-refractivity contribution in [1.29, 1.82) is 0 Å². The van der Waals surface area contributed by atoms with Crippen LogP contribution in [0.5, 0.6) is 17.2 Å². The van der Waals surface area contributed by atoms with E-state index in [2.05, 4.69) is 14.8 Å². The van der Waals surface area contributed by atoms with Crippen LogP contribution in [0.1, 0.15) is 29.4 Å². The van der Waals surface area contributed by atoms with Gasteiger partial charge in [-0.25, -0.2) is 0 Å².